The third kappa shape index (κ3) is 2.64. The topological polar surface area (TPSA) is 75.8 Å². The van der Waals surface area contributed by atoms with Crippen molar-refractivity contribution in [1.82, 2.24) is 4.90 Å². The fourth-order valence-corrected chi connectivity index (χ4v) is 1.32. The monoisotopic (exact) mass is 224 g/mol. The van der Waals surface area contributed by atoms with Crippen molar-refractivity contribution in [3.05, 3.63) is 23.8 Å². The Labute approximate surface area is 94.4 Å². The van der Waals surface area contributed by atoms with Crippen LogP contribution in [0.3, 0.4) is 0 Å². The summed E-state index contributed by atoms with van der Waals surface area (Å²) in [7, 11) is 3.12. The Balaban J connectivity index is 2.92. The molecule has 1 amide bonds. The van der Waals surface area contributed by atoms with Gasteiger partial charge in [0.2, 0.25) is 0 Å². The van der Waals surface area contributed by atoms with Gasteiger partial charge in [-0.15, -0.1) is 0 Å². The standard InChI is InChI=1S/C11H16N2O3/c1-13(5-6-14)11(15)8-3-4-9(12)10(7-8)16-2/h3-4,7,14H,5-6,12H2,1-2H3. The van der Waals surface area contributed by atoms with Gasteiger partial charge in [0.05, 0.1) is 19.4 Å². The highest BCUT2D eigenvalue weighted by Crippen LogP contribution is 2.22. The predicted octanol–water partition coefficient (Wildman–Crippen LogP) is 0.342. The summed E-state index contributed by atoms with van der Waals surface area (Å²) in [5.74, 6) is 0.301. The lowest BCUT2D eigenvalue weighted by Gasteiger charge is -2.16. The SMILES string of the molecule is COc1cc(C(=O)N(C)CCO)ccc1N. The molecule has 0 saturated carbocycles. The number of carbonyl (C=O) groups is 1. The van der Waals surface area contributed by atoms with Crippen LogP contribution in [-0.4, -0.2) is 43.2 Å². The smallest absolute Gasteiger partial charge is 0.253 e. The van der Waals surface area contributed by atoms with E-state index < -0.39 is 0 Å². The number of methoxy groups -OCH3 is 1. The lowest BCUT2D eigenvalue weighted by Crippen LogP contribution is -2.29. The van der Waals surface area contributed by atoms with Gasteiger partial charge in [0, 0.05) is 19.2 Å². The van der Waals surface area contributed by atoms with Crippen LogP contribution in [0.1, 0.15) is 10.4 Å². The number of nitrogens with zero attached hydrogens (tertiary/aromatic N) is 1. The number of hydrogen-bond donors (Lipinski definition) is 2. The Bertz CT molecular complexity index is 379. The molecule has 1 rings (SSSR count). The van der Waals surface area contributed by atoms with Crippen molar-refractivity contribution in [2.45, 2.75) is 0 Å². The molecule has 0 unspecified atom stereocenters. The molecular formula is C11H16N2O3. The molecule has 0 aliphatic rings. The largest absolute Gasteiger partial charge is 0.495 e. The molecule has 0 saturated heterocycles. The Kier molecular flexibility index (Phi) is 4.13. The number of carbonyl (C=O) groups excluding carboxylic acids is 1. The van der Waals surface area contributed by atoms with Crippen LogP contribution in [0.4, 0.5) is 5.69 Å². The van der Waals surface area contributed by atoms with Crippen LogP contribution in [0, 0.1) is 0 Å². The van der Waals surface area contributed by atoms with Crippen LogP contribution in [0.25, 0.3) is 0 Å². The summed E-state index contributed by atoms with van der Waals surface area (Å²) in [5, 5.41) is 8.74. The molecule has 5 nitrogen and oxygen atoms in total. The van der Waals surface area contributed by atoms with E-state index >= 15 is 0 Å². The van der Waals surface area contributed by atoms with Crippen molar-refractivity contribution in [2.24, 2.45) is 0 Å². The Morgan fingerprint density at radius 3 is 2.81 bits per heavy atom. The average molecular weight is 224 g/mol. The van der Waals surface area contributed by atoms with Crippen molar-refractivity contribution < 1.29 is 14.6 Å². The van der Waals surface area contributed by atoms with E-state index in [9.17, 15) is 4.79 Å². The summed E-state index contributed by atoms with van der Waals surface area (Å²) in [4.78, 5) is 13.3. The lowest BCUT2D eigenvalue weighted by molar-refractivity contribution is 0.0766. The van der Waals surface area contributed by atoms with E-state index in [0.717, 1.165) is 0 Å². The first kappa shape index (κ1) is 12.3. The number of aliphatic hydroxyl groups is 1. The molecule has 3 N–H and O–H groups in total. The van der Waals surface area contributed by atoms with Gasteiger partial charge in [0.1, 0.15) is 5.75 Å². The maximum Gasteiger partial charge on any atom is 0.253 e. The Morgan fingerprint density at radius 2 is 2.25 bits per heavy atom. The molecule has 88 valence electrons. The lowest BCUT2D eigenvalue weighted by atomic mass is 10.1. The van der Waals surface area contributed by atoms with Crippen LogP contribution in [-0.2, 0) is 0 Å². The third-order valence-corrected chi connectivity index (χ3v) is 2.26. The maximum atomic E-state index is 11.8. The molecule has 16 heavy (non-hydrogen) atoms. The fraction of sp³-hybridized carbons (Fsp3) is 0.364. The van der Waals surface area contributed by atoms with Crippen molar-refractivity contribution in [3.8, 4) is 5.75 Å². The van der Waals surface area contributed by atoms with Crippen LogP contribution >= 0.6 is 0 Å². The van der Waals surface area contributed by atoms with Crippen LogP contribution < -0.4 is 10.5 Å². The van der Waals surface area contributed by atoms with E-state index in [4.69, 9.17) is 15.6 Å². The van der Waals surface area contributed by atoms with Gasteiger partial charge in [0.15, 0.2) is 0 Å². The number of nitrogens with two attached hydrogens (primary N) is 1. The second-order valence-electron chi connectivity index (χ2n) is 3.41. The van der Waals surface area contributed by atoms with Gasteiger partial charge in [-0.25, -0.2) is 0 Å². The van der Waals surface area contributed by atoms with E-state index in [1.54, 1.807) is 25.2 Å². The highest BCUT2D eigenvalue weighted by molar-refractivity contribution is 5.95. The van der Waals surface area contributed by atoms with E-state index in [-0.39, 0.29) is 12.5 Å². The van der Waals surface area contributed by atoms with Crippen LogP contribution in [0.2, 0.25) is 0 Å². The molecule has 0 fully saturated rings. The van der Waals surface area contributed by atoms with Gasteiger partial charge in [-0.1, -0.05) is 0 Å². The molecular weight excluding hydrogens is 208 g/mol. The van der Waals surface area contributed by atoms with Gasteiger partial charge in [0.25, 0.3) is 5.91 Å². The number of anilines is 1. The minimum Gasteiger partial charge on any atom is -0.495 e. The molecule has 0 radical (unpaired) electrons. The molecule has 0 aromatic heterocycles. The zero-order valence-corrected chi connectivity index (χ0v) is 9.43. The number of nitrogen functional groups attached to an aromatic ring is 1. The molecule has 0 aliphatic carbocycles. The van der Waals surface area contributed by atoms with Crippen LogP contribution in [0.5, 0.6) is 5.75 Å². The number of hydrogen-bond acceptors (Lipinski definition) is 4. The molecule has 0 atom stereocenters. The van der Waals surface area contributed by atoms with E-state index in [1.165, 1.54) is 12.0 Å². The summed E-state index contributed by atoms with van der Waals surface area (Å²) >= 11 is 0. The van der Waals surface area contributed by atoms with Gasteiger partial charge >= 0.3 is 0 Å². The number of rotatable bonds is 4. The number of amides is 1. The second-order valence-corrected chi connectivity index (χ2v) is 3.41. The number of benzene rings is 1. The molecule has 0 spiro atoms. The summed E-state index contributed by atoms with van der Waals surface area (Å²) in [6, 6.07) is 4.85. The highest BCUT2D eigenvalue weighted by atomic mass is 16.5. The van der Waals surface area contributed by atoms with E-state index in [2.05, 4.69) is 0 Å². The van der Waals surface area contributed by atoms with Gasteiger partial charge in [-0.05, 0) is 18.2 Å². The first-order valence-corrected chi connectivity index (χ1v) is 4.90. The summed E-state index contributed by atoms with van der Waals surface area (Å²) in [5.41, 5.74) is 6.62. The van der Waals surface area contributed by atoms with Gasteiger partial charge in [-0.2, -0.15) is 0 Å². The summed E-state index contributed by atoms with van der Waals surface area (Å²) < 4.78 is 5.03. The number of likely N-dealkylation sites (N-methyl/N-ethyl adjacent to an activating group) is 1. The van der Waals surface area contributed by atoms with Crippen molar-refractivity contribution in [1.29, 1.82) is 0 Å². The number of ether oxygens (including phenoxy) is 1. The summed E-state index contributed by atoms with van der Waals surface area (Å²) in [6.45, 7) is 0.236. The Morgan fingerprint density at radius 1 is 1.56 bits per heavy atom. The zero-order chi connectivity index (χ0) is 12.1. The highest BCUT2D eigenvalue weighted by Gasteiger charge is 2.12. The fourth-order valence-electron chi connectivity index (χ4n) is 1.32. The van der Waals surface area contributed by atoms with Gasteiger partial charge in [-0.3, -0.25) is 4.79 Å². The molecule has 1 aromatic rings. The predicted molar refractivity (Wildman–Crippen MR) is 61.5 cm³/mol. The van der Waals surface area contributed by atoms with E-state index in [0.29, 0.717) is 23.5 Å². The second kappa shape index (κ2) is 5.37. The maximum absolute atomic E-state index is 11.8. The minimum atomic E-state index is -0.174. The molecule has 0 bridgehead atoms. The molecule has 0 heterocycles. The quantitative estimate of drug-likeness (QED) is 0.723. The zero-order valence-electron chi connectivity index (χ0n) is 9.43. The molecule has 1 aromatic carbocycles. The normalized spacial score (nSPS) is 9.94. The number of aliphatic hydroxyl groups excluding tert-OH is 1. The molecule has 5 heteroatoms. The average Bonchev–Trinajstić information content (AvgIpc) is 2.29. The van der Waals surface area contributed by atoms with Crippen molar-refractivity contribution >= 4 is 11.6 Å². The van der Waals surface area contributed by atoms with E-state index in [1.807, 2.05) is 0 Å². The van der Waals surface area contributed by atoms with Crippen LogP contribution in [0.15, 0.2) is 18.2 Å². The van der Waals surface area contributed by atoms with Gasteiger partial charge < -0.3 is 20.5 Å². The first-order chi connectivity index (χ1) is 7.60. The first-order valence-electron chi connectivity index (χ1n) is 4.90. The minimum absolute atomic E-state index is 0.0612. The van der Waals surface area contributed by atoms with Crippen molar-refractivity contribution in [3.63, 3.8) is 0 Å². The third-order valence-electron chi connectivity index (χ3n) is 2.26. The molecule has 0 aliphatic heterocycles. The summed E-state index contributed by atoms with van der Waals surface area (Å²) in [6.07, 6.45) is 0. The Hall–Kier alpha value is -1.75. The van der Waals surface area contributed by atoms with Crippen molar-refractivity contribution in [2.75, 3.05) is 33.0 Å².